The molecule has 0 fully saturated rings. The predicted octanol–water partition coefficient (Wildman–Crippen LogP) is 5.50. The van der Waals surface area contributed by atoms with Gasteiger partial charge in [0.15, 0.2) is 0 Å². The Morgan fingerprint density at radius 1 is 0.850 bits per heavy atom. The maximum Gasteiger partial charge on any atom is 0.263 e. The molecule has 3 aromatic carbocycles. The molecule has 7 nitrogen and oxygen atoms in total. The number of ether oxygens (including phenoxy) is 3. The van der Waals surface area contributed by atoms with E-state index < -0.39 is 18.4 Å². The van der Waals surface area contributed by atoms with E-state index in [9.17, 15) is 18.4 Å². The van der Waals surface area contributed by atoms with Crippen molar-refractivity contribution in [3.8, 4) is 11.5 Å². The van der Waals surface area contributed by atoms with E-state index in [1.807, 2.05) is 36.4 Å². The molecule has 0 heterocycles. The normalized spacial score (nSPS) is 11.7. The number of aryl methyl sites for hydroxylation is 1. The van der Waals surface area contributed by atoms with E-state index in [1.165, 1.54) is 23.1 Å². The smallest absolute Gasteiger partial charge is 0.263 e. The average molecular weight is 555 g/mol. The first-order chi connectivity index (χ1) is 19.4. The van der Waals surface area contributed by atoms with Gasteiger partial charge in [-0.05, 0) is 59.9 Å². The maximum absolute atomic E-state index is 13.7. The summed E-state index contributed by atoms with van der Waals surface area (Å²) in [4.78, 5) is 28.8. The number of carbonyl (C=O) groups excluding carboxylic acids is 2. The Hall–Kier alpha value is -3.98. The minimum atomic E-state index is -2.71. The SMILES string of the molecule is COCCCN(C(=O)CCc1ccc(OC)cc1)C(C(=O)NCc1ccc(OC)cc1)c1cccc(C(F)F)c1. The summed E-state index contributed by atoms with van der Waals surface area (Å²) in [5.74, 6) is 0.670. The molecule has 1 unspecified atom stereocenters. The number of amides is 2. The number of nitrogens with one attached hydrogen (secondary N) is 1. The standard InChI is InChI=1S/C31H36F2N2O5/c1-38-19-5-18-35(28(36)17-12-22-8-13-26(39-2)14-9-22)29(24-6-4-7-25(20-24)30(32)33)31(37)34-21-23-10-15-27(40-3)16-11-23/h4,6-11,13-16,20,29-30H,5,12,17-19,21H2,1-3H3,(H,34,37). The summed E-state index contributed by atoms with van der Waals surface area (Å²) in [5.41, 5.74) is 1.87. The van der Waals surface area contributed by atoms with Crippen LogP contribution in [0.25, 0.3) is 0 Å². The van der Waals surface area contributed by atoms with Gasteiger partial charge < -0.3 is 24.4 Å². The lowest BCUT2D eigenvalue weighted by atomic mass is 10.00. The van der Waals surface area contributed by atoms with Gasteiger partial charge in [-0.1, -0.05) is 42.5 Å². The van der Waals surface area contributed by atoms with Crippen LogP contribution in [-0.4, -0.2) is 51.2 Å². The molecule has 0 aromatic heterocycles. The van der Waals surface area contributed by atoms with Crippen molar-refractivity contribution < 1.29 is 32.6 Å². The van der Waals surface area contributed by atoms with Crippen LogP contribution in [0, 0.1) is 0 Å². The number of nitrogens with zero attached hydrogens (tertiary/aromatic N) is 1. The van der Waals surface area contributed by atoms with Gasteiger partial charge in [0.25, 0.3) is 6.43 Å². The lowest BCUT2D eigenvalue weighted by Crippen LogP contribution is -2.44. The molecule has 0 bridgehead atoms. The summed E-state index contributed by atoms with van der Waals surface area (Å²) in [6.07, 6.45) is -1.66. The van der Waals surface area contributed by atoms with Crippen molar-refractivity contribution in [2.24, 2.45) is 0 Å². The van der Waals surface area contributed by atoms with Crippen LogP contribution >= 0.6 is 0 Å². The first-order valence-electron chi connectivity index (χ1n) is 13.1. The largest absolute Gasteiger partial charge is 0.497 e. The number of alkyl halides is 2. The minimum absolute atomic E-state index is 0.135. The lowest BCUT2D eigenvalue weighted by Gasteiger charge is -2.32. The van der Waals surface area contributed by atoms with Gasteiger partial charge in [0, 0.05) is 38.8 Å². The third kappa shape index (κ3) is 8.77. The highest BCUT2D eigenvalue weighted by Gasteiger charge is 2.31. The number of hydrogen-bond acceptors (Lipinski definition) is 5. The van der Waals surface area contributed by atoms with E-state index in [1.54, 1.807) is 39.5 Å². The van der Waals surface area contributed by atoms with Crippen molar-refractivity contribution in [1.82, 2.24) is 10.2 Å². The highest BCUT2D eigenvalue weighted by molar-refractivity contribution is 5.89. The fraction of sp³-hybridized carbons (Fsp3) is 0.355. The molecule has 0 aliphatic rings. The zero-order chi connectivity index (χ0) is 28.9. The lowest BCUT2D eigenvalue weighted by molar-refractivity contribution is -0.141. The molecule has 1 atom stereocenters. The average Bonchev–Trinajstić information content (AvgIpc) is 2.99. The number of benzene rings is 3. The molecular formula is C31H36F2N2O5. The number of carbonyl (C=O) groups is 2. The molecule has 0 aliphatic carbocycles. The van der Waals surface area contributed by atoms with Crippen molar-refractivity contribution in [1.29, 1.82) is 0 Å². The molecule has 0 aliphatic heterocycles. The fourth-order valence-corrected chi connectivity index (χ4v) is 4.33. The van der Waals surface area contributed by atoms with E-state index in [-0.39, 0.29) is 31.0 Å². The molecule has 40 heavy (non-hydrogen) atoms. The minimum Gasteiger partial charge on any atom is -0.497 e. The molecule has 0 saturated heterocycles. The van der Waals surface area contributed by atoms with Crippen LogP contribution in [0.4, 0.5) is 8.78 Å². The third-order valence-electron chi connectivity index (χ3n) is 6.52. The highest BCUT2D eigenvalue weighted by Crippen LogP contribution is 2.28. The second-order valence-electron chi connectivity index (χ2n) is 9.22. The topological polar surface area (TPSA) is 77.1 Å². The van der Waals surface area contributed by atoms with Crippen molar-refractivity contribution >= 4 is 11.8 Å². The summed E-state index contributed by atoms with van der Waals surface area (Å²) in [6, 6.07) is 19.2. The molecule has 0 saturated carbocycles. The van der Waals surface area contributed by atoms with Gasteiger partial charge in [-0.15, -0.1) is 0 Å². The van der Waals surface area contributed by atoms with E-state index in [4.69, 9.17) is 14.2 Å². The molecule has 0 radical (unpaired) electrons. The van der Waals surface area contributed by atoms with Crippen LogP contribution in [0.3, 0.4) is 0 Å². The zero-order valence-electron chi connectivity index (χ0n) is 23.1. The molecular weight excluding hydrogens is 518 g/mol. The summed E-state index contributed by atoms with van der Waals surface area (Å²) in [7, 11) is 4.71. The van der Waals surface area contributed by atoms with Crippen molar-refractivity contribution in [3.63, 3.8) is 0 Å². The van der Waals surface area contributed by atoms with E-state index >= 15 is 0 Å². The quantitative estimate of drug-likeness (QED) is 0.251. The summed E-state index contributed by atoms with van der Waals surface area (Å²) in [5, 5.41) is 2.89. The maximum atomic E-state index is 13.7. The van der Waals surface area contributed by atoms with Crippen LogP contribution < -0.4 is 14.8 Å². The summed E-state index contributed by atoms with van der Waals surface area (Å²) < 4.78 is 42.8. The van der Waals surface area contributed by atoms with Crippen LogP contribution in [-0.2, 0) is 27.3 Å². The van der Waals surface area contributed by atoms with Crippen LogP contribution in [0.5, 0.6) is 11.5 Å². The first-order valence-corrected chi connectivity index (χ1v) is 13.1. The van der Waals surface area contributed by atoms with Crippen molar-refractivity contribution in [3.05, 3.63) is 95.1 Å². The van der Waals surface area contributed by atoms with Gasteiger partial charge in [-0.25, -0.2) is 8.78 Å². The Balaban J connectivity index is 1.88. The Morgan fingerprint density at radius 2 is 1.45 bits per heavy atom. The van der Waals surface area contributed by atoms with Gasteiger partial charge in [-0.3, -0.25) is 9.59 Å². The fourth-order valence-electron chi connectivity index (χ4n) is 4.33. The van der Waals surface area contributed by atoms with E-state index in [0.29, 0.717) is 36.5 Å². The van der Waals surface area contributed by atoms with Gasteiger partial charge in [-0.2, -0.15) is 0 Å². The molecule has 1 N–H and O–H groups in total. The second-order valence-corrected chi connectivity index (χ2v) is 9.22. The van der Waals surface area contributed by atoms with Gasteiger partial charge >= 0.3 is 0 Å². The summed E-state index contributed by atoms with van der Waals surface area (Å²) >= 11 is 0. The van der Waals surface area contributed by atoms with Crippen LogP contribution in [0.1, 0.15) is 47.6 Å². The molecule has 2 amide bonds. The van der Waals surface area contributed by atoms with Crippen molar-refractivity contribution in [2.75, 3.05) is 34.5 Å². The monoisotopic (exact) mass is 554 g/mol. The van der Waals surface area contributed by atoms with Gasteiger partial charge in [0.1, 0.15) is 17.5 Å². The van der Waals surface area contributed by atoms with E-state index in [2.05, 4.69) is 5.32 Å². The number of methoxy groups -OCH3 is 3. The predicted molar refractivity (Wildman–Crippen MR) is 149 cm³/mol. The van der Waals surface area contributed by atoms with Gasteiger partial charge in [0.05, 0.1) is 14.2 Å². The summed E-state index contributed by atoms with van der Waals surface area (Å²) in [6.45, 7) is 0.786. The molecule has 0 spiro atoms. The molecule has 3 rings (SSSR count). The number of halogens is 2. The first kappa shape index (κ1) is 30.6. The Kier molecular flexibility index (Phi) is 11.9. The molecule has 9 heteroatoms. The number of rotatable bonds is 15. The molecule has 3 aromatic rings. The van der Waals surface area contributed by atoms with E-state index in [0.717, 1.165) is 11.1 Å². The second kappa shape index (κ2) is 15.6. The third-order valence-corrected chi connectivity index (χ3v) is 6.52. The Labute approximate surface area is 234 Å². The Morgan fingerprint density at radius 3 is 2.02 bits per heavy atom. The zero-order valence-corrected chi connectivity index (χ0v) is 23.1. The van der Waals surface area contributed by atoms with Crippen molar-refractivity contribution in [2.45, 2.75) is 38.3 Å². The van der Waals surface area contributed by atoms with Crippen LogP contribution in [0.15, 0.2) is 72.8 Å². The highest BCUT2D eigenvalue weighted by atomic mass is 19.3. The molecule has 214 valence electrons. The van der Waals surface area contributed by atoms with Crippen LogP contribution in [0.2, 0.25) is 0 Å². The number of hydrogen-bond donors (Lipinski definition) is 1. The Bertz CT molecular complexity index is 1220. The van der Waals surface area contributed by atoms with Gasteiger partial charge in [0.2, 0.25) is 11.8 Å².